The van der Waals surface area contributed by atoms with E-state index in [1.54, 1.807) is 43.5 Å². The number of carbonyl (C=O) groups excluding carboxylic acids is 3. The zero-order valence-electron chi connectivity index (χ0n) is 58.4. The number of benzene rings is 2. The molecule has 0 saturated carbocycles. The standard InChI is InChI=1S/C27H41NO7.C25H39NO7.C22H36ClNO5/c1-2-3-4-5-6-7-8-9-10-11-12-24(20-13-15-23-21(19-20)17-18-34-23)35-27(33)28-22(26(31)32)14-16-25(29)30;1-3-4-5-6-7-8-9-10-11-12-13-22(19-14-16-20(32-2)17-15-19)33-25(31)26-21(24(29)30)18-23(27)28;1-2-3-4-5-6-7-8-9-10-11-13-18(19-15-16-20(23)28-19)29-22(27)24-17-12-14-21(25)26/h13,15,19,22,24H,2-12,14,16-18H2,1H3,(H,28,33)(H,29,30)(H,31,32);14-17,21-22H,3-13,18H2,1-2H3,(H,26,31)(H,27,28)(H,29,30);15-16,18H,2-14,17H2,1H3,(H,24,27)(H,25,26). The van der Waals surface area contributed by atoms with Gasteiger partial charge in [0.1, 0.15) is 41.6 Å². The van der Waals surface area contributed by atoms with Crippen LogP contribution in [0.4, 0.5) is 14.4 Å². The molecule has 5 atom stereocenters. The van der Waals surface area contributed by atoms with Crippen molar-refractivity contribution in [3.05, 3.63) is 82.3 Å². The fraction of sp³-hybridized carbons (Fsp3) is 0.676. The second-order valence-electron chi connectivity index (χ2n) is 25.0. The lowest BCUT2D eigenvalue weighted by Gasteiger charge is -2.21. The lowest BCUT2D eigenvalue weighted by atomic mass is 9.99. The molecule has 2 aromatic carbocycles. The van der Waals surface area contributed by atoms with Gasteiger partial charge in [0.05, 0.1) is 20.1 Å². The van der Waals surface area contributed by atoms with Crippen molar-refractivity contribution in [2.45, 2.75) is 302 Å². The summed E-state index contributed by atoms with van der Waals surface area (Å²) >= 11 is 5.86. The molecular formula is C74H116ClN3O19. The molecular weight excluding hydrogens is 1270 g/mol. The quantitative estimate of drug-likeness (QED) is 0.0192. The van der Waals surface area contributed by atoms with E-state index in [2.05, 4.69) is 36.7 Å². The van der Waals surface area contributed by atoms with Gasteiger partial charge in [-0.25, -0.2) is 24.0 Å². The summed E-state index contributed by atoms with van der Waals surface area (Å²) in [7, 11) is 1.56. The van der Waals surface area contributed by atoms with Crippen molar-refractivity contribution in [3.63, 3.8) is 0 Å². The highest BCUT2D eigenvalue weighted by atomic mass is 35.5. The lowest BCUT2D eigenvalue weighted by Crippen LogP contribution is -2.42. The molecule has 2 heterocycles. The van der Waals surface area contributed by atoms with E-state index in [-0.39, 0.29) is 31.0 Å². The molecule has 0 aliphatic carbocycles. The molecule has 0 saturated heterocycles. The SMILES string of the molecule is CCCCCCCCCCCCC(OC(=O)NC(CC(=O)O)C(=O)O)c1ccc(OC)cc1.CCCCCCCCCCCCC(OC(=O)NC(CCC(=O)O)C(=O)O)c1ccc2c(c1)CCO2.CCCCCCCCCCCCC(OC(=O)NCCCC(=O)O)c1ccc(Cl)o1. The fourth-order valence-corrected chi connectivity index (χ4v) is 11.3. The summed E-state index contributed by atoms with van der Waals surface area (Å²) in [6.45, 7) is 7.56. The molecule has 0 spiro atoms. The van der Waals surface area contributed by atoms with Crippen molar-refractivity contribution in [2.75, 3.05) is 20.3 Å². The van der Waals surface area contributed by atoms with E-state index in [4.69, 9.17) is 60.1 Å². The number of methoxy groups -OCH3 is 1. The maximum Gasteiger partial charge on any atom is 0.408 e. The van der Waals surface area contributed by atoms with Crippen molar-refractivity contribution in [2.24, 2.45) is 0 Å². The Morgan fingerprint density at radius 1 is 0.464 bits per heavy atom. The predicted octanol–water partition coefficient (Wildman–Crippen LogP) is 18.6. The molecule has 22 nitrogen and oxygen atoms in total. The van der Waals surface area contributed by atoms with Gasteiger partial charge < -0.3 is 69.6 Å². The molecule has 8 N–H and O–H groups in total. The number of furan rings is 1. The summed E-state index contributed by atoms with van der Waals surface area (Å²) in [6, 6.07) is 13.4. The minimum atomic E-state index is -1.55. The average molecular weight is 1390 g/mol. The van der Waals surface area contributed by atoms with Crippen LogP contribution in [0.25, 0.3) is 0 Å². The maximum absolute atomic E-state index is 12.5. The topological polar surface area (TPSA) is 333 Å². The van der Waals surface area contributed by atoms with Crippen molar-refractivity contribution >= 4 is 59.7 Å². The number of unbranched alkanes of at least 4 members (excludes halogenated alkanes) is 27. The third-order valence-electron chi connectivity index (χ3n) is 16.7. The molecule has 0 radical (unpaired) electrons. The number of rotatable bonds is 53. The minimum absolute atomic E-state index is 0.0100. The number of carboxylic acid groups (broad SMARTS) is 5. The Kier molecular flexibility index (Phi) is 48.5. The molecule has 5 unspecified atom stereocenters. The zero-order valence-corrected chi connectivity index (χ0v) is 59.2. The summed E-state index contributed by atoms with van der Waals surface area (Å²) in [4.78, 5) is 91.6. The Labute approximate surface area is 580 Å². The Hall–Kier alpha value is -7.23. The Morgan fingerprint density at radius 3 is 1.31 bits per heavy atom. The fourth-order valence-electron chi connectivity index (χ4n) is 11.1. The van der Waals surface area contributed by atoms with Crippen molar-refractivity contribution in [1.82, 2.24) is 16.0 Å². The van der Waals surface area contributed by atoms with Crippen LogP contribution in [-0.4, -0.2) is 106 Å². The summed E-state index contributed by atoms with van der Waals surface area (Å²) < 4.78 is 32.8. The van der Waals surface area contributed by atoms with Crippen LogP contribution < -0.4 is 25.4 Å². The molecule has 3 amide bonds. The number of hydrogen-bond acceptors (Lipinski definition) is 14. The summed E-state index contributed by atoms with van der Waals surface area (Å²) in [6.07, 6.45) is 34.1. The predicted molar refractivity (Wildman–Crippen MR) is 373 cm³/mol. The monoisotopic (exact) mass is 1390 g/mol. The second kappa shape index (κ2) is 54.7. The number of nitrogens with one attached hydrogen (secondary N) is 3. The van der Waals surface area contributed by atoms with Crippen LogP contribution in [0.5, 0.6) is 11.5 Å². The second-order valence-corrected chi connectivity index (χ2v) is 25.4. The van der Waals surface area contributed by atoms with Gasteiger partial charge in [-0.05, 0) is 116 Å². The molecule has 1 aliphatic heterocycles. The zero-order chi connectivity index (χ0) is 71.3. The van der Waals surface area contributed by atoms with Gasteiger partial charge in [0.25, 0.3) is 0 Å². The first-order valence-corrected chi connectivity index (χ1v) is 36.3. The van der Waals surface area contributed by atoms with Crippen LogP contribution in [0.3, 0.4) is 0 Å². The number of ether oxygens (including phenoxy) is 5. The van der Waals surface area contributed by atoms with E-state index in [1.807, 2.05) is 18.2 Å². The molecule has 3 aromatic rings. The largest absolute Gasteiger partial charge is 0.497 e. The number of carboxylic acids is 5. The average Bonchev–Trinajstić information content (AvgIpc) is 1.94. The van der Waals surface area contributed by atoms with Crippen molar-refractivity contribution < 1.29 is 92.0 Å². The summed E-state index contributed by atoms with van der Waals surface area (Å²) in [5.41, 5.74) is 2.70. The first-order valence-electron chi connectivity index (χ1n) is 35.9. The first-order chi connectivity index (χ1) is 46.8. The smallest absolute Gasteiger partial charge is 0.408 e. The Bertz CT molecular complexity index is 2650. The number of hydrogen-bond donors (Lipinski definition) is 8. The lowest BCUT2D eigenvalue weighted by molar-refractivity contribution is -0.145. The van der Waals surface area contributed by atoms with E-state index in [1.165, 1.54) is 141 Å². The van der Waals surface area contributed by atoms with E-state index in [0.717, 1.165) is 80.2 Å². The van der Waals surface area contributed by atoms with E-state index < -0.39 is 84.9 Å². The number of amides is 3. The van der Waals surface area contributed by atoms with Gasteiger partial charge in [0.2, 0.25) is 0 Å². The van der Waals surface area contributed by atoms with E-state index in [9.17, 15) is 43.5 Å². The van der Waals surface area contributed by atoms with Crippen LogP contribution in [-0.2, 0) is 44.6 Å². The van der Waals surface area contributed by atoms with Crippen LogP contribution >= 0.6 is 11.6 Å². The van der Waals surface area contributed by atoms with Gasteiger partial charge in [-0.3, -0.25) is 14.4 Å². The Balaban J connectivity index is 0.000000497. The van der Waals surface area contributed by atoms with Crippen LogP contribution in [0.2, 0.25) is 5.22 Å². The number of halogens is 1. The highest BCUT2D eigenvalue weighted by molar-refractivity contribution is 6.28. The molecule has 97 heavy (non-hydrogen) atoms. The third-order valence-corrected chi connectivity index (χ3v) is 16.9. The van der Waals surface area contributed by atoms with Gasteiger partial charge in [0, 0.05) is 25.8 Å². The normalized spacial score (nSPS) is 12.9. The molecule has 4 rings (SSSR count). The Morgan fingerprint density at radius 2 is 0.887 bits per heavy atom. The van der Waals surface area contributed by atoms with Crippen LogP contribution in [0.15, 0.2) is 59.0 Å². The summed E-state index contributed by atoms with van der Waals surface area (Å²) in [5.74, 6) is -3.99. The number of alkyl carbamates (subject to hydrolysis) is 3. The molecule has 1 aliphatic rings. The number of aliphatic carboxylic acids is 5. The maximum atomic E-state index is 12.5. The van der Waals surface area contributed by atoms with Crippen LogP contribution in [0.1, 0.15) is 306 Å². The highest BCUT2D eigenvalue weighted by Crippen LogP contribution is 2.33. The minimum Gasteiger partial charge on any atom is -0.497 e. The van der Waals surface area contributed by atoms with Gasteiger partial charge in [-0.1, -0.05) is 212 Å². The third kappa shape index (κ3) is 42.9. The number of carbonyl (C=O) groups is 8. The van der Waals surface area contributed by atoms with E-state index >= 15 is 0 Å². The molecule has 0 fully saturated rings. The van der Waals surface area contributed by atoms with Crippen molar-refractivity contribution in [1.29, 1.82) is 0 Å². The summed E-state index contributed by atoms with van der Waals surface area (Å²) in [5, 5.41) is 52.1. The molecule has 548 valence electrons. The molecule has 0 bridgehead atoms. The van der Waals surface area contributed by atoms with Crippen LogP contribution in [0, 0.1) is 0 Å². The molecule has 23 heteroatoms. The first kappa shape index (κ1) is 85.9. The number of fused-ring (bicyclic) bond motifs is 1. The van der Waals surface area contributed by atoms with Crippen molar-refractivity contribution in [3.8, 4) is 11.5 Å². The molecule has 1 aromatic heterocycles. The highest BCUT2D eigenvalue weighted by Gasteiger charge is 2.28. The van der Waals surface area contributed by atoms with E-state index in [0.29, 0.717) is 43.8 Å². The van der Waals surface area contributed by atoms with Gasteiger partial charge in [-0.15, -0.1) is 0 Å². The van der Waals surface area contributed by atoms with Gasteiger partial charge in [-0.2, -0.15) is 0 Å². The van der Waals surface area contributed by atoms with Gasteiger partial charge >= 0.3 is 48.1 Å². The van der Waals surface area contributed by atoms with Gasteiger partial charge in [0.15, 0.2) is 11.3 Å².